The third-order valence-electron chi connectivity index (χ3n) is 3.46. The van der Waals surface area contributed by atoms with Crippen molar-refractivity contribution in [3.05, 3.63) is 0 Å². The van der Waals surface area contributed by atoms with Gasteiger partial charge in [-0.15, -0.1) is 0 Å². The first-order valence-electron chi connectivity index (χ1n) is 4.27. The number of carboxylic acids is 1. The minimum absolute atomic E-state index is 0.0185. The highest BCUT2D eigenvalue weighted by molar-refractivity contribution is 5.80. The molecule has 2 fully saturated rings. The lowest BCUT2D eigenvalue weighted by Gasteiger charge is -2.33. The molecule has 0 aromatic carbocycles. The number of hydrogen-bond acceptors (Lipinski definition) is 3. The van der Waals surface area contributed by atoms with Gasteiger partial charge < -0.3 is 15.9 Å². The monoisotopic (exact) mass is 171 g/mol. The zero-order chi connectivity index (χ0) is 8.93. The Labute approximate surface area is 70.4 Å². The van der Waals surface area contributed by atoms with Gasteiger partial charge in [0.2, 0.25) is 0 Å². The van der Waals surface area contributed by atoms with E-state index in [-0.39, 0.29) is 11.8 Å². The van der Waals surface area contributed by atoms with Gasteiger partial charge in [-0.3, -0.25) is 4.79 Å². The Hall–Kier alpha value is -0.610. The van der Waals surface area contributed by atoms with Crippen LogP contribution in [-0.2, 0) is 4.79 Å². The van der Waals surface area contributed by atoms with E-state index in [2.05, 4.69) is 0 Å². The molecule has 0 aliphatic heterocycles. The molecule has 0 aromatic rings. The highest BCUT2D eigenvalue weighted by atomic mass is 16.4. The van der Waals surface area contributed by atoms with Crippen molar-refractivity contribution in [2.24, 2.45) is 17.6 Å². The van der Waals surface area contributed by atoms with Crippen LogP contribution in [0.3, 0.4) is 0 Å². The van der Waals surface area contributed by atoms with E-state index in [9.17, 15) is 9.90 Å². The lowest BCUT2D eigenvalue weighted by molar-refractivity contribution is -0.150. The second kappa shape index (κ2) is 2.20. The first-order valence-corrected chi connectivity index (χ1v) is 4.27. The maximum Gasteiger partial charge on any atom is 0.326 e. The predicted octanol–water partition coefficient (Wildman–Crippen LogP) is -0.441. The summed E-state index contributed by atoms with van der Waals surface area (Å²) in [4.78, 5) is 10.8. The van der Waals surface area contributed by atoms with Crippen LogP contribution in [0, 0.1) is 11.8 Å². The fourth-order valence-corrected chi connectivity index (χ4v) is 2.67. The molecule has 2 rings (SSSR count). The Bertz CT molecular complexity index is 226. The Morgan fingerprint density at radius 1 is 1.50 bits per heavy atom. The highest BCUT2D eigenvalue weighted by Crippen LogP contribution is 2.49. The average Bonchev–Trinajstić information content (AvgIpc) is 2.55. The molecule has 2 aliphatic rings. The molecule has 2 saturated carbocycles. The fraction of sp³-hybridized carbons (Fsp3) is 0.875. The molecular weight excluding hydrogens is 158 g/mol. The number of aliphatic carboxylic acids is 1. The zero-order valence-corrected chi connectivity index (χ0v) is 6.73. The summed E-state index contributed by atoms with van der Waals surface area (Å²) < 4.78 is 0. The molecular formula is C8H13NO3. The second-order valence-electron chi connectivity index (χ2n) is 3.95. The molecule has 0 unspecified atom stereocenters. The predicted molar refractivity (Wildman–Crippen MR) is 41.4 cm³/mol. The first-order chi connectivity index (χ1) is 5.56. The minimum atomic E-state index is -1.36. The van der Waals surface area contributed by atoms with E-state index in [0.717, 1.165) is 19.3 Å². The third kappa shape index (κ3) is 0.716. The smallest absolute Gasteiger partial charge is 0.326 e. The summed E-state index contributed by atoms with van der Waals surface area (Å²) in [6.45, 7) is 0. The van der Waals surface area contributed by atoms with Crippen LogP contribution in [0.2, 0.25) is 0 Å². The van der Waals surface area contributed by atoms with Gasteiger partial charge >= 0.3 is 5.97 Å². The quantitative estimate of drug-likeness (QED) is 0.499. The van der Waals surface area contributed by atoms with Crippen molar-refractivity contribution in [3.8, 4) is 0 Å². The van der Waals surface area contributed by atoms with E-state index in [4.69, 9.17) is 10.8 Å². The summed E-state index contributed by atoms with van der Waals surface area (Å²) in [6.07, 6.45) is 1.72. The molecule has 4 nitrogen and oxygen atoms in total. The molecule has 4 N–H and O–H groups in total. The van der Waals surface area contributed by atoms with Crippen LogP contribution in [0.5, 0.6) is 0 Å². The van der Waals surface area contributed by atoms with Crippen LogP contribution in [-0.4, -0.2) is 27.8 Å². The molecule has 68 valence electrons. The average molecular weight is 171 g/mol. The van der Waals surface area contributed by atoms with E-state index in [1.165, 1.54) is 0 Å². The van der Waals surface area contributed by atoms with Crippen molar-refractivity contribution in [1.82, 2.24) is 0 Å². The van der Waals surface area contributed by atoms with E-state index in [1.807, 2.05) is 0 Å². The molecule has 4 heteroatoms. The number of nitrogens with two attached hydrogens (primary N) is 1. The van der Waals surface area contributed by atoms with Crippen molar-refractivity contribution in [1.29, 1.82) is 0 Å². The highest BCUT2D eigenvalue weighted by Gasteiger charge is 2.60. The third-order valence-corrected chi connectivity index (χ3v) is 3.46. The number of rotatable bonds is 1. The van der Waals surface area contributed by atoms with Gasteiger partial charge in [0.15, 0.2) is 0 Å². The Balaban J connectivity index is 2.32. The topological polar surface area (TPSA) is 83.6 Å². The number of carbonyl (C=O) groups is 1. The van der Waals surface area contributed by atoms with Crippen molar-refractivity contribution in [2.45, 2.75) is 30.9 Å². The molecule has 2 bridgehead atoms. The summed E-state index contributed by atoms with van der Waals surface area (Å²) in [7, 11) is 0. The number of aliphatic hydroxyl groups excluding tert-OH is 1. The van der Waals surface area contributed by atoms with E-state index in [0.29, 0.717) is 0 Å². The van der Waals surface area contributed by atoms with Gasteiger partial charge in [-0.2, -0.15) is 0 Å². The molecule has 0 radical (unpaired) electrons. The van der Waals surface area contributed by atoms with Crippen LogP contribution < -0.4 is 5.73 Å². The molecule has 2 aliphatic carbocycles. The molecule has 0 amide bonds. The summed E-state index contributed by atoms with van der Waals surface area (Å²) >= 11 is 0. The van der Waals surface area contributed by atoms with Crippen LogP contribution in [0.25, 0.3) is 0 Å². The van der Waals surface area contributed by atoms with Gasteiger partial charge in [-0.05, 0) is 31.1 Å². The zero-order valence-electron chi connectivity index (χ0n) is 6.73. The maximum absolute atomic E-state index is 10.8. The van der Waals surface area contributed by atoms with Gasteiger partial charge in [-0.1, -0.05) is 0 Å². The molecule has 0 saturated heterocycles. The fourth-order valence-electron chi connectivity index (χ4n) is 2.67. The van der Waals surface area contributed by atoms with Crippen molar-refractivity contribution >= 4 is 5.97 Å². The van der Waals surface area contributed by atoms with Crippen molar-refractivity contribution in [2.75, 3.05) is 0 Å². The van der Waals surface area contributed by atoms with Crippen molar-refractivity contribution < 1.29 is 15.0 Å². The Kier molecular flexibility index (Phi) is 1.47. The Morgan fingerprint density at radius 3 is 2.50 bits per heavy atom. The molecule has 0 heterocycles. The summed E-state index contributed by atoms with van der Waals surface area (Å²) in [5.74, 6) is -0.951. The van der Waals surface area contributed by atoms with Gasteiger partial charge in [0.25, 0.3) is 0 Å². The van der Waals surface area contributed by atoms with Crippen molar-refractivity contribution in [3.63, 3.8) is 0 Å². The lowest BCUT2D eigenvalue weighted by atomic mass is 9.80. The van der Waals surface area contributed by atoms with Crippen LogP contribution in [0.4, 0.5) is 0 Å². The van der Waals surface area contributed by atoms with Crippen LogP contribution in [0.1, 0.15) is 19.3 Å². The number of hydrogen-bond donors (Lipinski definition) is 3. The van der Waals surface area contributed by atoms with Gasteiger partial charge in [0.05, 0.1) is 6.10 Å². The van der Waals surface area contributed by atoms with Gasteiger partial charge in [-0.25, -0.2) is 0 Å². The number of aliphatic hydroxyl groups is 1. The largest absolute Gasteiger partial charge is 0.480 e. The maximum atomic E-state index is 10.8. The molecule has 0 aromatic heterocycles. The Morgan fingerprint density at radius 2 is 2.17 bits per heavy atom. The summed E-state index contributed by atoms with van der Waals surface area (Å²) in [6, 6.07) is 0. The van der Waals surface area contributed by atoms with Crippen LogP contribution >= 0.6 is 0 Å². The standard InChI is InChI=1S/C8H13NO3/c9-8(7(11)12)5-2-1-4(3-5)6(8)10/h4-6,10H,1-3,9H2,(H,11,12)/t4-,5+,6-,8+/m0/s1. The van der Waals surface area contributed by atoms with Gasteiger partial charge in [0, 0.05) is 0 Å². The SMILES string of the molecule is N[C@]1(C(=O)O)[C@@H]2CC[C@@H](C2)[C@@H]1O. The minimum Gasteiger partial charge on any atom is -0.480 e. The normalized spacial score (nSPS) is 51.3. The second-order valence-corrected chi connectivity index (χ2v) is 3.95. The number of carboxylic acid groups (broad SMARTS) is 1. The number of fused-ring (bicyclic) bond motifs is 2. The molecule has 0 spiro atoms. The van der Waals surface area contributed by atoms with E-state index >= 15 is 0 Å². The van der Waals surface area contributed by atoms with Gasteiger partial charge in [0.1, 0.15) is 5.54 Å². The molecule has 4 atom stereocenters. The van der Waals surface area contributed by atoms with Crippen LogP contribution in [0.15, 0.2) is 0 Å². The summed E-state index contributed by atoms with van der Waals surface area (Å²) in [5.41, 5.74) is 4.32. The molecule has 12 heavy (non-hydrogen) atoms. The lowest BCUT2D eigenvalue weighted by Crippen LogP contribution is -2.60. The van der Waals surface area contributed by atoms with E-state index in [1.54, 1.807) is 0 Å². The summed E-state index contributed by atoms with van der Waals surface area (Å²) in [5, 5.41) is 18.5. The van der Waals surface area contributed by atoms with E-state index < -0.39 is 17.6 Å². The first kappa shape index (κ1) is 8.01.